The Hall–Kier alpha value is -4.92. The minimum absolute atomic E-state index is 0.0176. The molecule has 0 radical (unpaired) electrons. The van der Waals surface area contributed by atoms with E-state index in [9.17, 15) is 14.7 Å². The van der Waals surface area contributed by atoms with E-state index in [0.29, 0.717) is 35.6 Å². The molecule has 6 rings (SSSR count). The number of anilines is 1. The number of para-hydroxylation sites is 2. The summed E-state index contributed by atoms with van der Waals surface area (Å²) < 4.78 is 7.19. The van der Waals surface area contributed by atoms with Gasteiger partial charge in [0.25, 0.3) is 17.4 Å². The molecular weight excluding hydrogens is 482 g/mol. The number of fused-ring (bicyclic) bond motifs is 2. The minimum Gasteiger partial charge on any atom is -0.501 e. The molecular formula is C29H25N5O4. The lowest BCUT2D eigenvalue weighted by Crippen LogP contribution is -2.40. The van der Waals surface area contributed by atoms with Gasteiger partial charge in [-0.3, -0.25) is 14.2 Å². The third-order valence-corrected chi connectivity index (χ3v) is 6.98. The number of hydrogen-bond acceptors (Lipinski definition) is 7. The molecule has 190 valence electrons. The van der Waals surface area contributed by atoms with Crippen molar-refractivity contribution in [3.8, 4) is 17.3 Å². The Morgan fingerprint density at radius 1 is 1.05 bits per heavy atom. The summed E-state index contributed by atoms with van der Waals surface area (Å²) in [4.78, 5) is 36.9. The van der Waals surface area contributed by atoms with Gasteiger partial charge >= 0.3 is 0 Å². The van der Waals surface area contributed by atoms with Crippen LogP contribution in [0.5, 0.6) is 5.75 Å². The lowest BCUT2D eigenvalue weighted by atomic mass is 9.87. The number of rotatable bonds is 4. The molecule has 0 bridgehead atoms. The van der Waals surface area contributed by atoms with Crippen molar-refractivity contribution in [2.24, 2.45) is 7.05 Å². The predicted octanol–water partition coefficient (Wildman–Crippen LogP) is 3.81. The van der Waals surface area contributed by atoms with Crippen molar-refractivity contribution in [1.29, 1.82) is 0 Å². The molecule has 9 nitrogen and oxygen atoms in total. The highest BCUT2D eigenvalue weighted by Crippen LogP contribution is 2.39. The van der Waals surface area contributed by atoms with Gasteiger partial charge in [0.15, 0.2) is 11.3 Å². The van der Waals surface area contributed by atoms with Crippen molar-refractivity contribution < 1.29 is 14.3 Å². The van der Waals surface area contributed by atoms with Crippen molar-refractivity contribution in [1.82, 2.24) is 19.9 Å². The lowest BCUT2D eigenvalue weighted by Gasteiger charge is -2.39. The van der Waals surface area contributed by atoms with Gasteiger partial charge in [0.1, 0.15) is 5.52 Å². The molecule has 0 saturated carbocycles. The Labute approximate surface area is 218 Å². The summed E-state index contributed by atoms with van der Waals surface area (Å²) in [5, 5.41) is 13.5. The molecule has 0 saturated heterocycles. The highest BCUT2D eigenvalue weighted by molar-refractivity contribution is 5.94. The Morgan fingerprint density at radius 2 is 1.82 bits per heavy atom. The first-order chi connectivity index (χ1) is 18.5. The molecule has 0 fully saturated rings. The van der Waals surface area contributed by atoms with Crippen LogP contribution in [0, 0.1) is 0 Å². The zero-order valence-corrected chi connectivity index (χ0v) is 20.9. The molecule has 2 N–H and O–H groups in total. The first-order valence-electron chi connectivity index (χ1n) is 12.3. The van der Waals surface area contributed by atoms with Crippen LogP contribution in [0.4, 0.5) is 5.95 Å². The summed E-state index contributed by atoms with van der Waals surface area (Å²) in [6, 6.07) is 22.5. The van der Waals surface area contributed by atoms with E-state index in [-0.39, 0.29) is 23.5 Å². The van der Waals surface area contributed by atoms with E-state index in [1.165, 1.54) is 4.57 Å². The third kappa shape index (κ3) is 3.80. The molecule has 0 unspecified atom stereocenters. The van der Waals surface area contributed by atoms with E-state index in [1.807, 2.05) is 65.6 Å². The second-order valence-corrected chi connectivity index (χ2v) is 9.21. The average molecular weight is 508 g/mol. The molecule has 5 aromatic rings. The van der Waals surface area contributed by atoms with Crippen molar-refractivity contribution >= 4 is 23.0 Å². The van der Waals surface area contributed by atoms with E-state index < -0.39 is 11.3 Å². The SMILES string of the molecule is CNC(=O)c1ccc2c(c1)[C@@H](c1ccccc1)N(c1nc(-c3nc4ccccc4o3)c(O)c(=O)n1C)CC2. The Balaban J connectivity index is 1.55. The molecule has 38 heavy (non-hydrogen) atoms. The highest BCUT2D eigenvalue weighted by atomic mass is 16.4. The van der Waals surface area contributed by atoms with Crippen LogP contribution in [0.15, 0.2) is 82.0 Å². The van der Waals surface area contributed by atoms with Crippen LogP contribution >= 0.6 is 0 Å². The van der Waals surface area contributed by atoms with Crippen molar-refractivity contribution in [2.45, 2.75) is 12.5 Å². The van der Waals surface area contributed by atoms with Crippen molar-refractivity contribution in [3.05, 3.63) is 105 Å². The number of benzene rings is 3. The van der Waals surface area contributed by atoms with Gasteiger partial charge in [-0.25, -0.2) is 9.97 Å². The number of aromatic nitrogens is 3. The molecule has 0 aliphatic carbocycles. The molecule has 1 aliphatic rings. The summed E-state index contributed by atoms with van der Waals surface area (Å²) in [6.45, 7) is 0.559. The van der Waals surface area contributed by atoms with Gasteiger partial charge < -0.3 is 19.7 Å². The Bertz CT molecular complexity index is 1710. The molecule has 1 amide bonds. The van der Waals surface area contributed by atoms with E-state index in [4.69, 9.17) is 9.40 Å². The monoisotopic (exact) mass is 507 g/mol. The molecule has 1 aliphatic heterocycles. The van der Waals surface area contributed by atoms with Gasteiger partial charge in [0.05, 0.1) is 6.04 Å². The minimum atomic E-state index is -0.607. The predicted molar refractivity (Wildman–Crippen MR) is 143 cm³/mol. The molecule has 1 atom stereocenters. The van der Waals surface area contributed by atoms with E-state index in [0.717, 1.165) is 16.7 Å². The number of nitrogens with zero attached hydrogens (tertiary/aromatic N) is 4. The van der Waals surface area contributed by atoms with Crippen LogP contribution in [-0.4, -0.2) is 39.1 Å². The van der Waals surface area contributed by atoms with Crippen LogP contribution in [-0.2, 0) is 13.5 Å². The van der Waals surface area contributed by atoms with E-state index in [2.05, 4.69) is 10.3 Å². The second-order valence-electron chi connectivity index (χ2n) is 9.21. The number of carbonyl (C=O) groups excluding carboxylic acids is 1. The van der Waals surface area contributed by atoms with E-state index >= 15 is 0 Å². The Kier molecular flexibility index (Phi) is 5.68. The van der Waals surface area contributed by atoms with Crippen LogP contribution in [0.25, 0.3) is 22.7 Å². The number of nitrogens with one attached hydrogen (secondary N) is 1. The number of aromatic hydroxyl groups is 1. The summed E-state index contributed by atoms with van der Waals surface area (Å²) >= 11 is 0. The molecule has 9 heteroatoms. The van der Waals surface area contributed by atoms with Gasteiger partial charge in [-0.2, -0.15) is 0 Å². The zero-order chi connectivity index (χ0) is 26.4. The standard InChI is InChI=1S/C29H25N5O4/c1-30-26(36)19-13-12-17-14-15-34(24(20(17)16-19)18-8-4-3-5-9-18)29-32-23(25(35)28(37)33(29)2)27-31-21-10-6-7-11-22(21)38-27/h3-13,16,24,35H,14-15H2,1-2H3,(H,30,36)/t24-/m1/s1. The van der Waals surface area contributed by atoms with Crippen molar-refractivity contribution in [3.63, 3.8) is 0 Å². The summed E-state index contributed by atoms with van der Waals surface area (Å²) in [5.74, 6) is -0.281. The fraction of sp³-hybridized carbons (Fsp3) is 0.172. The molecule has 3 aromatic carbocycles. The maximum Gasteiger partial charge on any atom is 0.297 e. The molecule has 2 aromatic heterocycles. The Morgan fingerprint density at radius 3 is 2.58 bits per heavy atom. The summed E-state index contributed by atoms with van der Waals surface area (Å²) in [7, 11) is 3.19. The second kappa shape index (κ2) is 9.19. The number of hydrogen-bond donors (Lipinski definition) is 2. The van der Waals surface area contributed by atoms with Crippen molar-refractivity contribution in [2.75, 3.05) is 18.5 Å². The zero-order valence-electron chi connectivity index (χ0n) is 20.9. The quantitative estimate of drug-likeness (QED) is 0.380. The van der Waals surface area contributed by atoms with E-state index in [1.54, 1.807) is 26.2 Å². The average Bonchev–Trinajstić information content (AvgIpc) is 3.39. The maximum absolute atomic E-state index is 13.2. The van der Waals surface area contributed by atoms with Gasteiger partial charge in [-0.1, -0.05) is 48.5 Å². The lowest BCUT2D eigenvalue weighted by molar-refractivity contribution is 0.0963. The van der Waals surface area contributed by atoms with Crippen LogP contribution in [0.1, 0.15) is 33.1 Å². The summed E-state index contributed by atoms with van der Waals surface area (Å²) in [6.07, 6.45) is 0.682. The van der Waals surface area contributed by atoms with Gasteiger partial charge in [0.2, 0.25) is 11.7 Å². The topological polar surface area (TPSA) is 113 Å². The smallest absolute Gasteiger partial charge is 0.297 e. The normalized spacial score (nSPS) is 14.9. The number of oxazole rings is 1. The highest BCUT2D eigenvalue weighted by Gasteiger charge is 2.33. The maximum atomic E-state index is 13.2. The van der Waals surface area contributed by atoms with Crippen LogP contribution in [0.3, 0.4) is 0 Å². The fourth-order valence-electron chi connectivity index (χ4n) is 5.07. The van der Waals surface area contributed by atoms with Crippen LogP contribution < -0.4 is 15.8 Å². The number of amides is 1. The van der Waals surface area contributed by atoms with Gasteiger partial charge in [0, 0.05) is 26.2 Å². The first kappa shape index (κ1) is 23.5. The molecule has 3 heterocycles. The van der Waals surface area contributed by atoms with Gasteiger partial charge in [-0.15, -0.1) is 0 Å². The third-order valence-electron chi connectivity index (χ3n) is 6.98. The number of carbonyl (C=O) groups is 1. The fourth-order valence-corrected chi connectivity index (χ4v) is 5.07. The molecule has 0 spiro atoms. The largest absolute Gasteiger partial charge is 0.501 e. The summed E-state index contributed by atoms with van der Waals surface area (Å²) in [5.41, 5.74) is 4.10. The first-order valence-corrected chi connectivity index (χ1v) is 12.3. The van der Waals surface area contributed by atoms with Gasteiger partial charge in [-0.05, 0) is 47.4 Å². The van der Waals surface area contributed by atoms with Crippen LogP contribution in [0.2, 0.25) is 0 Å².